The Morgan fingerprint density at radius 2 is 2.17 bits per heavy atom. The third-order valence-corrected chi connectivity index (χ3v) is 2.86. The molecule has 1 aliphatic heterocycles. The third kappa shape index (κ3) is 1.56. The summed E-state index contributed by atoms with van der Waals surface area (Å²) in [5, 5.41) is 6.42. The molecule has 0 unspecified atom stereocenters. The van der Waals surface area contributed by atoms with Gasteiger partial charge in [-0.25, -0.2) is 9.31 Å². The van der Waals surface area contributed by atoms with Crippen LogP contribution in [0.1, 0.15) is 6.42 Å². The van der Waals surface area contributed by atoms with Gasteiger partial charge < -0.3 is 5.73 Å². The predicted molar refractivity (Wildman–Crippen MR) is 65.1 cm³/mol. The van der Waals surface area contributed by atoms with Crippen LogP contribution >= 0.6 is 0 Å². The maximum atomic E-state index is 11.7. The average molecular weight is 245 g/mol. The number of pyridine rings is 1. The molecule has 3 amide bonds. The molecule has 2 aromatic rings. The Hall–Kier alpha value is -2.57. The van der Waals surface area contributed by atoms with Crippen molar-refractivity contribution in [3.05, 3.63) is 24.5 Å². The molecule has 0 saturated carbocycles. The number of fused-ring (bicyclic) bond motifs is 1. The minimum absolute atomic E-state index is 0.253. The average Bonchev–Trinajstić information content (AvgIpc) is 2.72. The number of imide groups is 1. The first-order chi connectivity index (χ1) is 8.65. The van der Waals surface area contributed by atoms with Crippen LogP contribution < -0.4 is 16.0 Å². The minimum Gasteiger partial charge on any atom is -0.397 e. The highest BCUT2D eigenvalue weighted by Crippen LogP contribution is 2.23. The quantitative estimate of drug-likeness (QED) is 0.758. The molecule has 1 aliphatic rings. The standard InChI is InChI=1S/C11H11N5O2/c12-7-1-2-8-9(5-13-16(8)6-7)15-4-3-10(17)14-11(15)18/h1-2,5-6H,3-4,12H2,(H,14,17,18). The smallest absolute Gasteiger partial charge is 0.328 e. The predicted octanol–water partition coefficient (Wildman–Crippen LogP) is 0.363. The van der Waals surface area contributed by atoms with Crippen molar-refractivity contribution in [3.8, 4) is 0 Å². The zero-order valence-electron chi connectivity index (χ0n) is 9.46. The van der Waals surface area contributed by atoms with Gasteiger partial charge in [-0.1, -0.05) is 0 Å². The van der Waals surface area contributed by atoms with E-state index in [0.29, 0.717) is 17.9 Å². The Bertz CT molecular complexity index is 648. The largest absolute Gasteiger partial charge is 0.397 e. The first-order valence-corrected chi connectivity index (χ1v) is 5.49. The third-order valence-electron chi connectivity index (χ3n) is 2.86. The van der Waals surface area contributed by atoms with Crippen LogP contribution in [0.5, 0.6) is 0 Å². The summed E-state index contributed by atoms with van der Waals surface area (Å²) in [6.07, 6.45) is 3.55. The monoisotopic (exact) mass is 245 g/mol. The molecule has 3 N–H and O–H groups in total. The number of hydrogen-bond donors (Lipinski definition) is 2. The van der Waals surface area contributed by atoms with Crippen molar-refractivity contribution < 1.29 is 9.59 Å². The van der Waals surface area contributed by atoms with Crippen LogP contribution in [0.3, 0.4) is 0 Å². The maximum Gasteiger partial charge on any atom is 0.328 e. The number of nitrogens with one attached hydrogen (secondary N) is 1. The van der Waals surface area contributed by atoms with Gasteiger partial charge in [0, 0.05) is 13.0 Å². The first kappa shape index (κ1) is 10.6. The Morgan fingerprint density at radius 3 is 2.94 bits per heavy atom. The molecule has 2 aromatic heterocycles. The van der Waals surface area contributed by atoms with E-state index in [9.17, 15) is 9.59 Å². The summed E-state index contributed by atoms with van der Waals surface area (Å²) in [5.41, 5.74) is 7.69. The normalized spacial score (nSPS) is 16.1. The molecule has 92 valence electrons. The van der Waals surface area contributed by atoms with E-state index in [-0.39, 0.29) is 12.3 Å². The molecule has 18 heavy (non-hydrogen) atoms. The number of carbonyl (C=O) groups is 2. The van der Waals surface area contributed by atoms with Gasteiger partial charge in [0.25, 0.3) is 0 Å². The van der Waals surface area contributed by atoms with Crippen LogP contribution in [-0.4, -0.2) is 28.1 Å². The number of amides is 3. The Kier molecular flexibility index (Phi) is 2.19. The van der Waals surface area contributed by atoms with E-state index in [2.05, 4.69) is 10.4 Å². The SMILES string of the molecule is Nc1ccc2c(N3CCC(=O)NC3=O)cnn2c1. The minimum atomic E-state index is -0.419. The fourth-order valence-electron chi connectivity index (χ4n) is 1.99. The summed E-state index contributed by atoms with van der Waals surface area (Å²) in [6, 6.07) is 3.12. The van der Waals surface area contributed by atoms with Gasteiger partial charge in [-0.15, -0.1) is 0 Å². The van der Waals surface area contributed by atoms with Gasteiger partial charge in [-0.2, -0.15) is 5.10 Å². The van der Waals surface area contributed by atoms with Crippen LogP contribution in [0.2, 0.25) is 0 Å². The van der Waals surface area contributed by atoms with E-state index in [1.165, 1.54) is 4.90 Å². The van der Waals surface area contributed by atoms with Crippen LogP contribution in [0.4, 0.5) is 16.2 Å². The van der Waals surface area contributed by atoms with Crippen LogP contribution in [0, 0.1) is 0 Å². The Morgan fingerprint density at radius 1 is 1.33 bits per heavy atom. The van der Waals surface area contributed by atoms with Crippen LogP contribution in [0.15, 0.2) is 24.5 Å². The van der Waals surface area contributed by atoms with Crippen molar-refractivity contribution in [2.75, 3.05) is 17.2 Å². The van der Waals surface area contributed by atoms with Gasteiger partial charge in [0.1, 0.15) is 0 Å². The summed E-state index contributed by atoms with van der Waals surface area (Å²) in [4.78, 5) is 24.3. The van der Waals surface area contributed by atoms with E-state index in [4.69, 9.17) is 5.73 Å². The molecular weight excluding hydrogens is 234 g/mol. The maximum absolute atomic E-state index is 11.7. The number of urea groups is 1. The van der Waals surface area contributed by atoms with Crippen molar-refractivity contribution >= 4 is 28.8 Å². The molecule has 3 rings (SSSR count). The fourth-order valence-corrected chi connectivity index (χ4v) is 1.99. The number of nitrogens with two attached hydrogens (primary N) is 1. The zero-order chi connectivity index (χ0) is 12.7. The van der Waals surface area contributed by atoms with Crippen molar-refractivity contribution in [1.29, 1.82) is 0 Å². The van der Waals surface area contributed by atoms with Gasteiger partial charge in [-0.05, 0) is 12.1 Å². The number of nitrogens with zero attached hydrogens (tertiary/aromatic N) is 3. The highest BCUT2D eigenvalue weighted by atomic mass is 16.2. The molecular formula is C11H11N5O2. The van der Waals surface area contributed by atoms with E-state index in [1.54, 1.807) is 29.0 Å². The molecule has 0 atom stereocenters. The van der Waals surface area contributed by atoms with Crippen molar-refractivity contribution in [1.82, 2.24) is 14.9 Å². The molecule has 3 heterocycles. The summed E-state index contributed by atoms with van der Waals surface area (Å²) in [7, 11) is 0. The van der Waals surface area contributed by atoms with E-state index < -0.39 is 6.03 Å². The summed E-state index contributed by atoms with van der Waals surface area (Å²) in [5.74, 6) is -0.253. The second kappa shape index (κ2) is 3.73. The van der Waals surface area contributed by atoms with E-state index in [0.717, 1.165) is 5.52 Å². The van der Waals surface area contributed by atoms with Crippen molar-refractivity contribution in [2.24, 2.45) is 0 Å². The summed E-state index contributed by atoms with van der Waals surface area (Å²) >= 11 is 0. The topological polar surface area (TPSA) is 92.7 Å². The molecule has 7 nitrogen and oxygen atoms in total. The molecule has 1 fully saturated rings. The fraction of sp³-hybridized carbons (Fsp3) is 0.182. The second-order valence-electron chi connectivity index (χ2n) is 4.08. The molecule has 0 spiro atoms. The van der Waals surface area contributed by atoms with Gasteiger partial charge in [0.2, 0.25) is 5.91 Å². The molecule has 0 bridgehead atoms. The van der Waals surface area contributed by atoms with E-state index in [1.807, 2.05) is 0 Å². The Balaban J connectivity index is 2.04. The second-order valence-corrected chi connectivity index (χ2v) is 4.08. The number of nitrogen functional groups attached to an aromatic ring is 1. The zero-order valence-corrected chi connectivity index (χ0v) is 9.46. The first-order valence-electron chi connectivity index (χ1n) is 5.49. The molecule has 0 radical (unpaired) electrons. The lowest BCUT2D eigenvalue weighted by Gasteiger charge is -2.25. The lowest BCUT2D eigenvalue weighted by Crippen LogP contribution is -2.49. The molecule has 7 heteroatoms. The van der Waals surface area contributed by atoms with Gasteiger partial charge in [0.05, 0.1) is 29.3 Å². The number of rotatable bonds is 1. The number of aromatic nitrogens is 2. The van der Waals surface area contributed by atoms with Gasteiger partial charge in [0.15, 0.2) is 0 Å². The van der Waals surface area contributed by atoms with Gasteiger partial charge >= 0.3 is 6.03 Å². The van der Waals surface area contributed by atoms with Crippen LogP contribution in [0.25, 0.3) is 5.52 Å². The molecule has 0 aromatic carbocycles. The number of anilines is 2. The lowest BCUT2D eigenvalue weighted by molar-refractivity contribution is -0.120. The highest BCUT2D eigenvalue weighted by molar-refractivity contribution is 6.07. The number of carbonyl (C=O) groups excluding carboxylic acids is 2. The highest BCUT2D eigenvalue weighted by Gasteiger charge is 2.26. The lowest BCUT2D eigenvalue weighted by atomic mass is 10.2. The number of hydrogen-bond acceptors (Lipinski definition) is 4. The molecule has 1 saturated heterocycles. The van der Waals surface area contributed by atoms with Crippen molar-refractivity contribution in [2.45, 2.75) is 6.42 Å². The van der Waals surface area contributed by atoms with Crippen LogP contribution in [-0.2, 0) is 4.79 Å². The summed E-state index contributed by atoms with van der Waals surface area (Å²) in [6.45, 7) is 0.358. The van der Waals surface area contributed by atoms with Crippen molar-refractivity contribution in [3.63, 3.8) is 0 Å². The van der Waals surface area contributed by atoms with Gasteiger partial charge in [-0.3, -0.25) is 15.0 Å². The molecule has 0 aliphatic carbocycles. The summed E-state index contributed by atoms with van der Waals surface area (Å²) < 4.78 is 1.61. The van der Waals surface area contributed by atoms with E-state index >= 15 is 0 Å². The Labute approximate surface area is 102 Å².